The maximum absolute atomic E-state index is 2.43. The van der Waals surface area contributed by atoms with Crippen molar-refractivity contribution in [2.75, 3.05) is 0 Å². The summed E-state index contributed by atoms with van der Waals surface area (Å²) in [4.78, 5) is 0. The van der Waals surface area contributed by atoms with E-state index >= 15 is 0 Å². The molecule has 2 atom stereocenters. The monoisotopic (exact) mass is 184 g/mol. The Kier molecular flexibility index (Phi) is 5.67. The molecule has 80 valence electrons. The fourth-order valence-electron chi connectivity index (χ4n) is 1.89. The Morgan fingerprint density at radius 2 is 1.54 bits per heavy atom. The third-order valence-corrected chi connectivity index (χ3v) is 4.14. The maximum atomic E-state index is 2.43. The van der Waals surface area contributed by atoms with Crippen LogP contribution in [0.5, 0.6) is 0 Å². The molecule has 0 bridgehead atoms. The minimum atomic E-state index is 0.518. The first-order valence-corrected chi connectivity index (χ1v) is 5.96. The summed E-state index contributed by atoms with van der Waals surface area (Å²) >= 11 is 0. The number of rotatable bonds is 6. The van der Waals surface area contributed by atoms with Gasteiger partial charge in [0.2, 0.25) is 0 Å². The van der Waals surface area contributed by atoms with E-state index in [0.29, 0.717) is 5.41 Å². The summed E-state index contributed by atoms with van der Waals surface area (Å²) in [5.74, 6) is 1.71. The highest BCUT2D eigenvalue weighted by molar-refractivity contribution is 4.79. The number of unbranched alkanes of at least 4 members (excludes halogenated alkanes) is 1. The molecule has 0 aromatic carbocycles. The van der Waals surface area contributed by atoms with E-state index in [1.807, 2.05) is 0 Å². The van der Waals surface area contributed by atoms with Gasteiger partial charge in [0.15, 0.2) is 0 Å². The van der Waals surface area contributed by atoms with Crippen LogP contribution in [0.1, 0.15) is 67.2 Å². The van der Waals surface area contributed by atoms with Crippen LogP contribution in [0, 0.1) is 17.3 Å². The van der Waals surface area contributed by atoms with Gasteiger partial charge >= 0.3 is 0 Å². The Labute approximate surface area is 85.1 Å². The van der Waals surface area contributed by atoms with Crippen molar-refractivity contribution in [3.05, 3.63) is 0 Å². The van der Waals surface area contributed by atoms with E-state index in [0.717, 1.165) is 11.8 Å². The lowest BCUT2D eigenvalue weighted by Gasteiger charge is -2.37. The average molecular weight is 184 g/mol. The molecule has 0 saturated heterocycles. The van der Waals surface area contributed by atoms with Crippen molar-refractivity contribution in [1.29, 1.82) is 0 Å². The third-order valence-electron chi connectivity index (χ3n) is 4.14. The van der Waals surface area contributed by atoms with Crippen molar-refractivity contribution in [2.45, 2.75) is 67.2 Å². The summed E-state index contributed by atoms with van der Waals surface area (Å²) in [5, 5.41) is 0. The van der Waals surface area contributed by atoms with Crippen molar-refractivity contribution >= 4 is 0 Å². The molecule has 0 nitrogen and oxygen atoms in total. The summed E-state index contributed by atoms with van der Waals surface area (Å²) in [6.45, 7) is 14.3. The van der Waals surface area contributed by atoms with E-state index < -0.39 is 0 Å². The smallest absolute Gasteiger partial charge is 0.0303 e. The van der Waals surface area contributed by atoms with Crippen molar-refractivity contribution in [3.63, 3.8) is 0 Å². The van der Waals surface area contributed by atoms with Gasteiger partial charge in [0, 0.05) is 0 Å². The van der Waals surface area contributed by atoms with Gasteiger partial charge in [0.1, 0.15) is 0 Å². The maximum Gasteiger partial charge on any atom is -0.0303 e. The summed E-state index contributed by atoms with van der Waals surface area (Å²) in [7, 11) is 0. The fourth-order valence-corrected chi connectivity index (χ4v) is 1.89. The van der Waals surface area contributed by atoms with Gasteiger partial charge in [-0.2, -0.15) is 0 Å². The van der Waals surface area contributed by atoms with Crippen LogP contribution in [0.25, 0.3) is 0 Å². The van der Waals surface area contributed by atoms with Gasteiger partial charge in [-0.05, 0) is 17.3 Å². The lowest BCUT2D eigenvalue weighted by molar-refractivity contribution is 0.125. The van der Waals surface area contributed by atoms with Crippen LogP contribution in [0.3, 0.4) is 0 Å². The summed E-state index contributed by atoms with van der Waals surface area (Å²) < 4.78 is 0. The molecule has 0 aliphatic rings. The zero-order chi connectivity index (χ0) is 10.5. The van der Waals surface area contributed by atoms with Gasteiger partial charge in [-0.3, -0.25) is 0 Å². The topological polar surface area (TPSA) is 0 Å². The number of hydrogen-bond acceptors (Lipinski definition) is 0. The molecule has 0 N–H and O–H groups in total. The number of hydrogen-bond donors (Lipinski definition) is 0. The lowest BCUT2D eigenvalue weighted by atomic mass is 9.68. The van der Waals surface area contributed by atoms with Crippen LogP contribution < -0.4 is 0 Å². The van der Waals surface area contributed by atoms with Crippen LogP contribution >= 0.6 is 0 Å². The highest BCUT2D eigenvalue weighted by Crippen LogP contribution is 2.39. The quantitative estimate of drug-likeness (QED) is 0.551. The molecule has 0 amide bonds. The van der Waals surface area contributed by atoms with Crippen molar-refractivity contribution < 1.29 is 0 Å². The Bertz CT molecular complexity index is 124. The molecule has 0 heteroatoms. The van der Waals surface area contributed by atoms with Gasteiger partial charge in [-0.15, -0.1) is 0 Å². The average Bonchev–Trinajstić information content (AvgIpc) is 2.12. The summed E-state index contributed by atoms with van der Waals surface area (Å²) in [6.07, 6.45) is 5.43. The second-order valence-electron chi connectivity index (χ2n) is 5.17. The SMILES string of the molecule is CCCCC(C)C(C)(C)C(C)CC. The molecule has 0 radical (unpaired) electrons. The van der Waals surface area contributed by atoms with Gasteiger partial charge in [-0.1, -0.05) is 67.2 Å². The van der Waals surface area contributed by atoms with E-state index in [1.54, 1.807) is 0 Å². The van der Waals surface area contributed by atoms with E-state index in [2.05, 4.69) is 41.5 Å². The third kappa shape index (κ3) is 3.70. The Morgan fingerprint density at radius 1 is 1.00 bits per heavy atom. The Morgan fingerprint density at radius 3 is 1.92 bits per heavy atom. The highest BCUT2D eigenvalue weighted by atomic mass is 14.3. The second-order valence-corrected chi connectivity index (χ2v) is 5.17. The molecule has 0 rings (SSSR count). The second kappa shape index (κ2) is 5.67. The van der Waals surface area contributed by atoms with Gasteiger partial charge in [0.05, 0.1) is 0 Å². The molecule has 0 spiro atoms. The first-order valence-electron chi connectivity index (χ1n) is 5.96. The molecule has 0 aliphatic heterocycles. The predicted octanol–water partition coefficient (Wildman–Crippen LogP) is 4.89. The molecule has 0 heterocycles. The molecule has 0 saturated carbocycles. The Balaban J connectivity index is 4.09. The van der Waals surface area contributed by atoms with Crippen molar-refractivity contribution in [3.8, 4) is 0 Å². The van der Waals surface area contributed by atoms with Crippen LogP contribution in [-0.2, 0) is 0 Å². The van der Waals surface area contributed by atoms with Crippen molar-refractivity contribution in [1.82, 2.24) is 0 Å². The molecule has 0 aromatic heterocycles. The minimum absolute atomic E-state index is 0.518. The van der Waals surface area contributed by atoms with Crippen LogP contribution in [0.2, 0.25) is 0 Å². The van der Waals surface area contributed by atoms with Gasteiger partial charge in [0.25, 0.3) is 0 Å². The molecular weight excluding hydrogens is 156 g/mol. The molecular formula is C13H28. The lowest BCUT2D eigenvalue weighted by Crippen LogP contribution is -2.29. The van der Waals surface area contributed by atoms with Crippen LogP contribution in [-0.4, -0.2) is 0 Å². The fraction of sp³-hybridized carbons (Fsp3) is 1.00. The first-order chi connectivity index (χ1) is 5.96. The standard InChI is InChI=1S/C13H28/c1-7-9-10-12(4)13(5,6)11(3)8-2/h11-12H,7-10H2,1-6H3. The van der Waals surface area contributed by atoms with Crippen LogP contribution in [0.15, 0.2) is 0 Å². The molecule has 0 aliphatic carbocycles. The molecule has 0 fully saturated rings. The van der Waals surface area contributed by atoms with E-state index in [4.69, 9.17) is 0 Å². The highest BCUT2D eigenvalue weighted by Gasteiger charge is 2.30. The molecule has 13 heavy (non-hydrogen) atoms. The van der Waals surface area contributed by atoms with Crippen LogP contribution in [0.4, 0.5) is 0 Å². The van der Waals surface area contributed by atoms with Gasteiger partial charge < -0.3 is 0 Å². The normalized spacial score (nSPS) is 17.1. The largest absolute Gasteiger partial charge is 0.0654 e. The zero-order valence-electron chi connectivity index (χ0n) is 10.5. The minimum Gasteiger partial charge on any atom is -0.0654 e. The van der Waals surface area contributed by atoms with Gasteiger partial charge in [-0.25, -0.2) is 0 Å². The Hall–Kier alpha value is 0. The van der Waals surface area contributed by atoms with E-state index in [9.17, 15) is 0 Å². The first kappa shape index (κ1) is 13.0. The zero-order valence-corrected chi connectivity index (χ0v) is 10.5. The van der Waals surface area contributed by atoms with E-state index in [-0.39, 0.29) is 0 Å². The predicted molar refractivity (Wildman–Crippen MR) is 61.9 cm³/mol. The van der Waals surface area contributed by atoms with E-state index in [1.165, 1.54) is 25.7 Å². The molecule has 2 unspecified atom stereocenters. The molecule has 0 aromatic rings. The van der Waals surface area contributed by atoms with Crippen molar-refractivity contribution in [2.24, 2.45) is 17.3 Å². The summed E-state index contributed by atoms with van der Waals surface area (Å²) in [5.41, 5.74) is 0.518. The summed E-state index contributed by atoms with van der Waals surface area (Å²) in [6, 6.07) is 0.